The Morgan fingerprint density at radius 1 is 1.14 bits per heavy atom. The Bertz CT molecular complexity index is 726. The first-order valence-electron chi connectivity index (χ1n) is 6.12. The number of hydrogen-bond donors (Lipinski definition) is 4. The first-order valence-corrected chi connectivity index (χ1v) is 6.12. The highest BCUT2D eigenvalue weighted by molar-refractivity contribution is 6.08. The Hall–Kier alpha value is -3.02. The predicted octanol–water partition coefficient (Wildman–Crippen LogP) is 2.23. The highest BCUT2D eigenvalue weighted by atomic mass is 16.4. The van der Waals surface area contributed by atoms with Crippen LogP contribution in [0.5, 0.6) is 5.75 Å². The molecule has 21 heavy (non-hydrogen) atoms. The molecule has 6 heteroatoms. The number of hydrogen-bond acceptors (Lipinski definition) is 4. The average molecular weight is 286 g/mol. The third kappa shape index (κ3) is 3.11. The standard InChI is InChI=1S/C15H14N2O4/c1-8-2-3-9(6-13(8)18)14(19)17-12-7-10(16)4-5-11(12)15(20)21/h2-7,18H,16H2,1H3,(H,17,19)(H,20,21). The van der Waals surface area contributed by atoms with Gasteiger partial charge in [-0.25, -0.2) is 4.79 Å². The zero-order valence-electron chi connectivity index (χ0n) is 11.3. The first-order chi connectivity index (χ1) is 9.88. The molecule has 2 aromatic rings. The van der Waals surface area contributed by atoms with Gasteiger partial charge in [0.05, 0.1) is 11.3 Å². The van der Waals surface area contributed by atoms with Crippen molar-refractivity contribution in [2.24, 2.45) is 0 Å². The van der Waals surface area contributed by atoms with Crippen LogP contribution >= 0.6 is 0 Å². The number of nitrogens with two attached hydrogens (primary N) is 1. The maximum Gasteiger partial charge on any atom is 0.337 e. The van der Waals surface area contributed by atoms with Crippen molar-refractivity contribution in [1.29, 1.82) is 0 Å². The summed E-state index contributed by atoms with van der Waals surface area (Å²) >= 11 is 0. The van der Waals surface area contributed by atoms with Gasteiger partial charge in [-0.1, -0.05) is 6.07 Å². The molecule has 0 aromatic heterocycles. The topological polar surface area (TPSA) is 113 Å². The fourth-order valence-electron chi connectivity index (χ4n) is 1.80. The summed E-state index contributed by atoms with van der Waals surface area (Å²) in [6.07, 6.45) is 0. The van der Waals surface area contributed by atoms with Crippen LogP contribution in [-0.2, 0) is 0 Å². The number of aromatic hydroxyl groups is 1. The largest absolute Gasteiger partial charge is 0.508 e. The van der Waals surface area contributed by atoms with E-state index in [1.807, 2.05) is 0 Å². The van der Waals surface area contributed by atoms with E-state index in [1.54, 1.807) is 13.0 Å². The van der Waals surface area contributed by atoms with Gasteiger partial charge < -0.3 is 21.3 Å². The maximum atomic E-state index is 12.1. The van der Waals surface area contributed by atoms with E-state index >= 15 is 0 Å². The highest BCUT2D eigenvalue weighted by Gasteiger charge is 2.14. The van der Waals surface area contributed by atoms with Gasteiger partial charge in [-0.3, -0.25) is 4.79 Å². The van der Waals surface area contributed by atoms with Gasteiger partial charge in [0.1, 0.15) is 5.75 Å². The number of phenols is 1. The van der Waals surface area contributed by atoms with Crippen LogP contribution in [0.1, 0.15) is 26.3 Å². The number of aromatic carboxylic acids is 1. The minimum Gasteiger partial charge on any atom is -0.508 e. The van der Waals surface area contributed by atoms with Crippen LogP contribution in [0.3, 0.4) is 0 Å². The van der Waals surface area contributed by atoms with E-state index in [4.69, 9.17) is 10.8 Å². The maximum absolute atomic E-state index is 12.1. The lowest BCUT2D eigenvalue weighted by molar-refractivity contribution is 0.0698. The number of carbonyl (C=O) groups is 2. The molecule has 2 rings (SSSR count). The summed E-state index contributed by atoms with van der Waals surface area (Å²) in [7, 11) is 0. The normalized spacial score (nSPS) is 10.1. The quantitative estimate of drug-likeness (QED) is 0.646. The van der Waals surface area contributed by atoms with Crippen LogP contribution in [0.2, 0.25) is 0 Å². The number of carboxylic acids is 1. The number of aryl methyl sites for hydroxylation is 1. The number of amides is 1. The average Bonchev–Trinajstić information content (AvgIpc) is 2.41. The molecular formula is C15H14N2O4. The molecule has 0 saturated heterocycles. The summed E-state index contributed by atoms with van der Waals surface area (Å²) in [6.45, 7) is 1.71. The van der Waals surface area contributed by atoms with Crippen LogP contribution < -0.4 is 11.1 Å². The van der Waals surface area contributed by atoms with Gasteiger partial charge in [-0.15, -0.1) is 0 Å². The van der Waals surface area contributed by atoms with Gasteiger partial charge >= 0.3 is 5.97 Å². The molecule has 6 nitrogen and oxygen atoms in total. The van der Waals surface area contributed by atoms with Crippen molar-refractivity contribution in [1.82, 2.24) is 0 Å². The number of anilines is 2. The number of phenolic OH excluding ortho intramolecular Hbond substituents is 1. The molecule has 0 unspecified atom stereocenters. The summed E-state index contributed by atoms with van der Waals surface area (Å²) in [4.78, 5) is 23.2. The number of benzene rings is 2. The van der Waals surface area contributed by atoms with E-state index < -0.39 is 11.9 Å². The van der Waals surface area contributed by atoms with E-state index in [2.05, 4.69) is 5.32 Å². The van der Waals surface area contributed by atoms with E-state index in [-0.39, 0.29) is 22.6 Å². The van der Waals surface area contributed by atoms with Crippen molar-refractivity contribution in [2.75, 3.05) is 11.1 Å². The van der Waals surface area contributed by atoms with Crippen LogP contribution in [0.4, 0.5) is 11.4 Å². The second-order valence-electron chi connectivity index (χ2n) is 4.57. The number of carboxylic acid groups (broad SMARTS) is 1. The zero-order chi connectivity index (χ0) is 15.6. The van der Waals surface area contributed by atoms with Crippen molar-refractivity contribution in [3.05, 3.63) is 53.1 Å². The molecule has 0 heterocycles. The number of rotatable bonds is 3. The van der Waals surface area contributed by atoms with Gasteiger partial charge in [-0.2, -0.15) is 0 Å². The minimum atomic E-state index is -1.17. The summed E-state index contributed by atoms with van der Waals surface area (Å²) in [5, 5.41) is 21.2. The molecule has 1 amide bonds. The van der Waals surface area contributed by atoms with E-state index in [9.17, 15) is 14.7 Å². The van der Waals surface area contributed by atoms with Crippen molar-refractivity contribution in [2.45, 2.75) is 6.92 Å². The van der Waals surface area contributed by atoms with Crippen molar-refractivity contribution < 1.29 is 19.8 Å². The molecule has 0 aliphatic heterocycles. The van der Waals surface area contributed by atoms with Crippen molar-refractivity contribution in [3.8, 4) is 5.75 Å². The first kappa shape index (κ1) is 14.4. The highest BCUT2D eigenvalue weighted by Crippen LogP contribution is 2.22. The summed E-state index contributed by atoms with van der Waals surface area (Å²) in [5.74, 6) is -1.70. The SMILES string of the molecule is Cc1ccc(C(=O)Nc2cc(N)ccc2C(=O)O)cc1O. The van der Waals surface area contributed by atoms with E-state index in [0.717, 1.165) is 0 Å². The molecule has 108 valence electrons. The van der Waals surface area contributed by atoms with Gasteiger partial charge in [0.15, 0.2) is 0 Å². The molecule has 5 N–H and O–H groups in total. The second kappa shape index (κ2) is 5.54. The molecule has 0 bridgehead atoms. The summed E-state index contributed by atoms with van der Waals surface area (Å²) in [6, 6.07) is 8.59. The van der Waals surface area contributed by atoms with Crippen LogP contribution in [0.25, 0.3) is 0 Å². The monoisotopic (exact) mass is 286 g/mol. The van der Waals surface area contributed by atoms with Gasteiger partial charge in [0.25, 0.3) is 5.91 Å². The van der Waals surface area contributed by atoms with Crippen LogP contribution in [0, 0.1) is 6.92 Å². The smallest absolute Gasteiger partial charge is 0.337 e. The number of carbonyl (C=O) groups excluding carboxylic acids is 1. The molecule has 0 fully saturated rings. The Balaban J connectivity index is 2.33. The number of nitrogens with one attached hydrogen (secondary N) is 1. The van der Waals surface area contributed by atoms with E-state index in [1.165, 1.54) is 30.3 Å². The molecule has 0 radical (unpaired) electrons. The molecule has 0 spiro atoms. The lowest BCUT2D eigenvalue weighted by Gasteiger charge is -2.10. The fraction of sp³-hybridized carbons (Fsp3) is 0.0667. The third-order valence-electron chi connectivity index (χ3n) is 2.99. The predicted molar refractivity (Wildman–Crippen MR) is 78.6 cm³/mol. The van der Waals surface area contributed by atoms with Crippen molar-refractivity contribution >= 4 is 23.3 Å². The lowest BCUT2D eigenvalue weighted by Crippen LogP contribution is -2.15. The van der Waals surface area contributed by atoms with Crippen LogP contribution in [-0.4, -0.2) is 22.1 Å². The molecule has 0 saturated carbocycles. The minimum absolute atomic E-state index is 0.00585. The summed E-state index contributed by atoms with van der Waals surface area (Å²) in [5.41, 5.74) is 6.84. The molecule has 0 aliphatic rings. The Kier molecular flexibility index (Phi) is 3.80. The fourth-order valence-corrected chi connectivity index (χ4v) is 1.80. The Morgan fingerprint density at radius 3 is 2.48 bits per heavy atom. The van der Waals surface area contributed by atoms with Gasteiger partial charge in [-0.05, 0) is 42.8 Å². The lowest BCUT2D eigenvalue weighted by atomic mass is 10.1. The number of nitrogen functional groups attached to an aromatic ring is 1. The van der Waals surface area contributed by atoms with Crippen molar-refractivity contribution in [3.63, 3.8) is 0 Å². The van der Waals surface area contributed by atoms with E-state index in [0.29, 0.717) is 11.3 Å². The van der Waals surface area contributed by atoms with Gasteiger partial charge in [0, 0.05) is 11.3 Å². The second-order valence-corrected chi connectivity index (χ2v) is 4.57. The molecular weight excluding hydrogens is 272 g/mol. The molecule has 0 atom stereocenters. The molecule has 2 aromatic carbocycles. The summed E-state index contributed by atoms with van der Waals surface area (Å²) < 4.78 is 0. The molecule has 0 aliphatic carbocycles. The third-order valence-corrected chi connectivity index (χ3v) is 2.99. The Morgan fingerprint density at radius 2 is 1.86 bits per heavy atom. The van der Waals surface area contributed by atoms with Gasteiger partial charge in [0.2, 0.25) is 0 Å². The van der Waals surface area contributed by atoms with Crippen LogP contribution in [0.15, 0.2) is 36.4 Å². The zero-order valence-corrected chi connectivity index (χ0v) is 11.3. The Labute approximate surface area is 120 Å².